The number of benzene rings is 1. The van der Waals surface area contributed by atoms with E-state index in [0.29, 0.717) is 18.5 Å². The molecule has 0 fully saturated rings. The number of methoxy groups -OCH3 is 1. The van der Waals surface area contributed by atoms with Crippen molar-refractivity contribution < 1.29 is 9.53 Å². The van der Waals surface area contributed by atoms with Gasteiger partial charge in [-0.2, -0.15) is 0 Å². The van der Waals surface area contributed by atoms with Gasteiger partial charge in [0, 0.05) is 12.0 Å². The molecule has 1 aromatic rings. The Labute approximate surface area is 90.2 Å². The van der Waals surface area contributed by atoms with Gasteiger partial charge < -0.3 is 10.5 Å². The Morgan fingerprint density at radius 1 is 1.40 bits per heavy atom. The number of aryl methyl sites for hydroxylation is 1. The number of ether oxygens (including phenoxy) is 1. The van der Waals surface area contributed by atoms with Crippen LogP contribution < -0.4 is 10.5 Å². The maximum atomic E-state index is 11.6. The van der Waals surface area contributed by atoms with E-state index in [1.54, 1.807) is 13.2 Å². The van der Waals surface area contributed by atoms with Crippen LogP contribution in [0.3, 0.4) is 0 Å². The van der Waals surface area contributed by atoms with Gasteiger partial charge >= 0.3 is 0 Å². The van der Waals surface area contributed by atoms with Crippen LogP contribution in [0.15, 0.2) is 18.2 Å². The van der Waals surface area contributed by atoms with Crippen molar-refractivity contribution in [3.63, 3.8) is 0 Å². The molecule has 1 rings (SSSR count). The van der Waals surface area contributed by atoms with Crippen LogP contribution in [0.25, 0.3) is 0 Å². The van der Waals surface area contributed by atoms with E-state index in [1.807, 2.05) is 19.1 Å². The first-order chi connectivity index (χ1) is 7.21. The van der Waals surface area contributed by atoms with E-state index in [1.165, 1.54) is 0 Å². The van der Waals surface area contributed by atoms with E-state index >= 15 is 0 Å². The normalized spacial score (nSPS) is 10.1. The van der Waals surface area contributed by atoms with Crippen LogP contribution >= 0.6 is 0 Å². The second kappa shape index (κ2) is 5.51. The molecule has 0 atom stereocenters. The molecule has 3 nitrogen and oxygen atoms in total. The molecule has 15 heavy (non-hydrogen) atoms. The summed E-state index contributed by atoms with van der Waals surface area (Å²) in [5, 5.41) is 0. The third-order valence-electron chi connectivity index (χ3n) is 2.30. The molecule has 0 unspecified atom stereocenters. The van der Waals surface area contributed by atoms with E-state index in [0.717, 1.165) is 17.7 Å². The Morgan fingerprint density at radius 3 is 2.67 bits per heavy atom. The summed E-state index contributed by atoms with van der Waals surface area (Å²) in [7, 11) is 1.60. The summed E-state index contributed by atoms with van der Waals surface area (Å²) in [5.41, 5.74) is 7.15. The number of rotatable bonds is 5. The molecular formula is C12H17NO2. The monoisotopic (exact) mass is 207 g/mol. The number of hydrogen-bond acceptors (Lipinski definition) is 3. The maximum absolute atomic E-state index is 11.6. The minimum Gasteiger partial charge on any atom is -0.497 e. The molecular weight excluding hydrogens is 190 g/mol. The zero-order valence-electron chi connectivity index (χ0n) is 9.25. The van der Waals surface area contributed by atoms with E-state index in [9.17, 15) is 4.79 Å². The van der Waals surface area contributed by atoms with Gasteiger partial charge in [-0.15, -0.1) is 0 Å². The topological polar surface area (TPSA) is 52.3 Å². The molecule has 0 aromatic heterocycles. The van der Waals surface area contributed by atoms with Crippen molar-refractivity contribution in [2.75, 3.05) is 13.7 Å². The predicted octanol–water partition coefficient (Wildman–Crippen LogP) is 1.79. The van der Waals surface area contributed by atoms with Crippen molar-refractivity contribution >= 4 is 5.78 Å². The first-order valence-electron chi connectivity index (χ1n) is 5.12. The number of ketones is 1. The fraction of sp³-hybridized carbons (Fsp3) is 0.417. The van der Waals surface area contributed by atoms with E-state index in [-0.39, 0.29) is 5.78 Å². The van der Waals surface area contributed by atoms with Crippen LogP contribution in [0.4, 0.5) is 0 Å². The Bertz CT molecular complexity index is 325. The predicted molar refractivity (Wildman–Crippen MR) is 60.4 cm³/mol. The van der Waals surface area contributed by atoms with Gasteiger partial charge in [0.05, 0.1) is 7.11 Å². The fourth-order valence-electron chi connectivity index (χ4n) is 1.42. The molecule has 0 radical (unpaired) electrons. The van der Waals surface area contributed by atoms with Gasteiger partial charge in [0.1, 0.15) is 5.75 Å². The van der Waals surface area contributed by atoms with Crippen molar-refractivity contribution in [1.29, 1.82) is 0 Å². The largest absolute Gasteiger partial charge is 0.497 e. The van der Waals surface area contributed by atoms with Gasteiger partial charge in [-0.1, -0.05) is 6.92 Å². The lowest BCUT2D eigenvalue weighted by Crippen LogP contribution is -2.08. The zero-order chi connectivity index (χ0) is 11.3. The standard InChI is InChI=1S/C12H17NO2/c1-3-9-6-10(12(14)4-5-13)8-11(7-9)15-2/h6-8H,3-5,13H2,1-2H3. The van der Waals surface area contributed by atoms with Crippen LogP contribution in [-0.4, -0.2) is 19.4 Å². The smallest absolute Gasteiger partial charge is 0.164 e. The highest BCUT2D eigenvalue weighted by Crippen LogP contribution is 2.18. The summed E-state index contributed by atoms with van der Waals surface area (Å²) in [6, 6.07) is 5.61. The molecule has 1 aromatic carbocycles. The van der Waals surface area contributed by atoms with Crippen molar-refractivity contribution in [3.8, 4) is 5.75 Å². The van der Waals surface area contributed by atoms with Crippen LogP contribution in [0.2, 0.25) is 0 Å². The summed E-state index contributed by atoms with van der Waals surface area (Å²) in [4.78, 5) is 11.6. The van der Waals surface area contributed by atoms with Gasteiger partial charge in [0.2, 0.25) is 0 Å². The highest BCUT2D eigenvalue weighted by molar-refractivity contribution is 5.96. The molecule has 2 N–H and O–H groups in total. The molecule has 0 bridgehead atoms. The van der Waals surface area contributed by atoms with Crippen LogP contribution in [-0.2, 0) is 6.42 Å². The molecule has 0 aliphatic heterocycles. The molecule has 0 saturated carbocycles. The van der Waals surface area contributed by atoms with E-state index in [2.05, 4.69) is 0 Å². The molecule has 0 spiro atoms. The average Bonchev–Trinajstić information content (AvgIpc) is 2.28. The lowest BCUT2D eigenvalue weighted by atomic mass is 10.0. The number of carbonyl (C=O) groups excluding carboxylic acids is 1. The Hall–Kier alpha value is -1.35. The van der Waals surface area contributed by atoms with Crippen LogP contribution in [0.1, 0.15) is 29.3 Å². The van der Waals surface area contributed by atoms with Gasteiger partial charge in [0.25, 0.3) is 0 Å². The van der Waals surface area contributed by atoms with Gasteiger partial charge in [-0.3, -0.25) is 4.79 Å². The average molecular weight is 207 g/mol. The van der Waals surface area contributed by atoms with E-state index < -0.39 is 0 Å². The SMILES string of the molecule is CCc1cc(OC)cc(C(=O)CCN)c1. The van der Waals surface area contributed by atoms with Gasteiger partial charge in [0.15, 0.2) is 5.78 Å². The number of Topliss-reactive ketones (excluding diaryl/α,β-unsaturated/α-hetero) is 1. The van der Waals surface area contributed by atoms with E-state index in [4.69, 9.17) is 10.5 Å². The lowest BCUT2D eigenvalue weighted by molar-refractivity contribution is 0.0985. The highest BCUT2D eigenvalue weighted by atomic mass is 16.5. The first-order valence-corrected chi connectivity index (χ1v) is 5.12. The number of nitrogens with two attached hydrogens (primary N) is 1. The summed E-state index contributed by atoms with van der Waals surface area (Å²) in [6.07, 6.45) is 1.27. The summed E-state index contributed by atoms with van der Waals surface area (Å²) in [5.74, 6) is 0.806. The maximum Gasteiger partial charge on any atom is 0.164 e. The van der Waals surface area contributed by atoms with Crippen molar-refractivity contribution in [1.82, 2.24) is 0 Å². The lowest BCUT2D eigenvalue weighted by Gasteiger charge is -2.06. The van der Waals surface area contributed by atoms with Crippen molar-refractivity contribution in [3.05, 3.63) is 29.3 Å². The molecule has 0 heterocycles. The minimum absolute atomic E-state index is 0.0751. The third kappa shape index (κ3) is 3.06. The summed E-state index contributed by atoms with van der Waals surface area (Å²) < 4.78 is 5.14. The van der Waals surface area contributed by atoms with Crippen LogP contribution in [0.5, 0.6) is 5.75 Å². The van der Waals surface area contributed by atoms with Crippen molar-refractivity contribution in [2.45, 2.75) is 19.8 Å². The van der Waals surface area contributed by atoms with Gasteiger partial charge in [-0.05, 0) is 36.7 Å². The minimum atomic E-state index is 0.0751. The molecule has 0 aliphatic carbocycles. The molecule has 0 aliphatic rings. The second-order valence-electron chi connectivity index (χ2n) is 3.39. The van der Waals surface area contributed by atoms with Crippen molar-refractivity contribution in [2.24, 2.45) is 5.73 Å². The highest BCUT2D eigenvalue weighted by Gasteiger charge is 2.07. The Balaban J connectivity index is 3.01. The number of hydrogen-bond donors (Lipinski definition) is 1. The summed E-state index contributed by atoms with van der Waals surface area (Å²) >= 11 is 0. The quantitative estimate of drug-likeness (QED) is 0.749. The van der Waals surface area contributed by atoms with Crippen LogP contribution in [0, 0.1) is 0 Å². The molecule has 3 heteroatoms. The first kappa shape index (κ1) is 11.7. The fourth-order valence-corrected chi connectivity index (χ4v) is 1.42. The zero-order valence-corrected chi connectivity index (χ0v) is 9.25. The van der Waals surface area contributed by atoms with Gasteiger partial charge in [-0.25, -0.2) is 0 Å². The summed E-state index contributed by atoms with van der Waals surface area (Å²) in [6.45, 7) is 2.43. The molecule has 0 amide bonds. The Morgan fingerprint density at radius 2 is 2.13 bits per heavy atom. The Kier molecular flexibility index (Phi) is 4.31. The third-order valence-corrected chi connectivity index (χ3v) is 2.30. The second-order valence-corrected chi connectivity index (χ2v) is 3.39. The molecule has 82 valence electrons. The number of carbonyl (C=O) groups is 1. The molecule has 0 saturated heterocycles.